The highest BCUT2D eigenvalue weighted by Crippen LogP contribution is 2.24. The summed E-state index contributed by atoms with van der Waals surface area (Å²) in [6.07, 6.45) is 7.61. The first-order valence-electron chi connectivity index (χ1n) is 9.84. The normalized spacial score (nSPS) is 11.0. The van der Waals surface area contributed by atoms with Crippen LogP contribution in [0.15, 0.2) is 72.6 Å². The molecule has 0 saturated carbocycles. The van der Waals surface area contributed by atoms with Gasteiger partial charge in [0.05, 0.1) is 17.6 Å². The summed E-state index contributed by atoms with van der Waals surface area (Å²) >= 11 is 0. The number of aromatic amines is 1. The van der Waals surface area contributed by atoms with E-state index in [1.54, 1.807) is 4.57 Å². The summed E-state index contributed by atoms with van der Waals surface area (Å²) in [5, 5.41) is 0. The van der Waals surface area contributed by atoms with Gasteiger partial charge in [0, 0.05) is 13.2 Å². The van der Waals surface area contributed by atoms with Gasteiger partial charge in [0.2, 0.25) is 0 Å². The maximum absolute atomic E-state index is 12.3. The molecule has 28 heavy (non-hydrogen) atoms. The Morgan fingerprint density at radius 1 is 0.964 bits per heavy atom. The molecular weight excluding hydrogens is 348 g/mol. The van der Waals surface area contributed by atoms with Crippen LogP contribution in [0.1, 0.15) is 31.2 Å². The fourth-order valence-electron chi connectivity index (χ4n) is 3.27. The number of aromatic nitrogens is 2. The number of benzene rings is 2. The lowest BCUT2D eigenvalue weighted by molar-refractivity contribution is 0.119. The number of hydrogen-bond acceptors (Lipinski definition) is 2. The van der Waals surface area contributed by atoms with E-state index in [-0.39, 0.29) is 5.69 Å². The van der Waals surface area contributed by atoms with Crippen LogP contribution in [-0.4, -0.2) is 16.2 Å². The minimum absolute atomic E-state index is 0.0554. The molecule has 0 unspecified atom stereocenters. The minimum Gasteiger partial charge on any atom is -0.377 e. The van der Waals surface area contributed by atoms with Crippen molar-refractivity contribution in [3.05, 3.63) is 83.8 Å². The van der Waals surface area contributed by atoms with Crippen LogP contribution in [0.4, 0.5) is 0 Å². The number of nitrogens with one attached hydrogen (secondary N) is 1. The smallest absolute Gasteiger partial charge is 0.326 e. The molecule has 146 valence electrons. The average molecular weight is 377 g/mol. The Labute approximate surface area is 166 Å². The Morgan fingerprint density at radius 3 is 2.43 bits per heavy atom. The third-order valence-electron chi connectivity index (χ3n) is 4.82. The zero-order chi connectivity index (χ0) is 19.8. The first kappa shape index (κ1) is 19.9. The summed E-state index contributed by atoms with van der Waals surface area (Å²) in [5.41, 5.74) is 5.13. The van der Waals surface area contributed by atoms with Crippen LogP contribution in [-0.2, 0) is 17.9 Å². The number of H-pyrrole nitrogens is 1. The molecule has 1 N–H and O–H groups in total. The van der Waals surface area contributed by atoms with Crippen molar-refractivity contribution >= 4 is 11.0 Å². The van der Waals surface area contributed by atoms with E-state index in [2.05, 4.69) is 48.5 Å². The van der Waals surface area contributed by atoms with Crippen LogP contribution in [0, 0.1) is 0 Å². The van der Waals surface area contributed by atoms with E-state index in [1.165, 1.54) is 0 Å². The molecule has 4 nitrogen and oxygen atoms in total. The van der Waals surface area contributed by atoms with E-state index >= 15 is 0 Å². The van der Waals surface area contributed by atoms with Gasteiger partial charge in [0.1, 0.15) is 0 Å². The van der Waals surface area contributed by atoms with Gasteiger partial charge in [-0.1, -0.05) is 42.5 Å². The monoisotopic (exact) mass is 376 g/mol. The van der Waals surface area contributed by atoms with Crippen molar-refractivity contribution in [2.75, 3.05) is 6.61 Å². The lowest BCUT2D eigenvalue weighted by Gasteiger charge is -2.07. The minimum atomic E-state index is -0.0554. The van der Waals surface area contributed by atoms with Gasteiger partial charge in [0.15, 0.2) is 0 Å². The molecule has 1 aromatic heterocycles. The van der Waals surface area contributed by atoms with E-state index in [0.29, 0.717) is 13.2 Å². The van der Waals surface area contributed by atoms with Crippen LogP contribution >= 0.6 is 0 Å². The zero-order valence-electron chi connectivity index (χ0n) is 16.3. The lowest BCUT2D eigenvalue weighted by atomic mass is 10.0. The molecular formula is C24H28N2O2. The molecule has 0 amide bonds. The predicted molar refractivity (Wildman–Crippen MR) is 117 cm³/mol. The summed E-state index contributed by atoms with van der Waals surface area (Å²) in [4.78, 5) is 15.2. The maximum atomic E-state index is 12.3. The Kier molecular flexibility index (Phi) is 7.04. The molecule has 3 aromatic rings. The van der Waals surface area contributed by atoms with E-state index in [0.717, 1.165) is 60.0 Å². The van der Waals surface area contributed by atoms with Crippen molar-refractivity contribution in [2.24, 2.45) is 0 Å². The van der Waals surface area contributed by atoms with Crippen molar-refractivity contribution in [3.63, 3.8) is 0 Å². The Hall–Kier alpha value is -2.85. The summed E-state index contributed by atoms with van der Waals surface area (Å²) in [7, 11) is 0. The van der Waals surface area contributed by atoms with Gasteiger partial charge in [-0.15, -0.1) is 13.2 Å². The van der Waals surface area contributed by atoms with Crippen LogP contribution in [0.2, 0.25) is 0 Å². The third-order valence-corrected chi connectivity index (χ3v) is 4.82. The number of nitrogens with zero attached hydrogens (tertiary/aromatic N) is 1. The van der Waals surface area contributed by atoms with Gasteiger partial charge < -0.3 is 9.72 Å². The number of allylic oxidation sites excluding steroid dienone is 2. The van der Waals surface area contributed by atoms with Gasteiger partial charge >= 0.3 is 5.69 Å². The number of imidazole rings is 1. The third kappa shape index (κ3) is 4.90. The number of unbranched alkanes of at least 4 members (excludes halogenated alkanes) is 2. The van der Waals surface area contributed by atoms with Crippen LogP contribution < -0.4 is 5.69 Å². The fourth-order valence-corrected chi connectivity index (χ4v) is 3.27. The summed E-state index contributed by atoms with van der Waals surface area (Å²) in [6, 6.07) is 14.5. The van der Waals surface area contributed by atoms with Crippen LogP contribution in [0.25, 0.3) is 22.2 Å². The molecule has 2 aromatic carbocycles. The topological polar surface area (TPSA) is 47.0 Å². The first-order chi connectivity index (χ1) is 13.7. The molecule has 0 aliphatic rings. The molecule has 4 heteroatoms. The largest absolute Gasteiger partial charge is 0.377 e. The van der Waals surface area contributed by atoms with Gasteiger partial charge in [-0.05, 0) is 54.5 Å². The molecule has 3 rings (SSSR count). The summed E-state index contributed by atoms with van der Waals surface area (Å²) in [6.45, 7) is 9.53. The van der Waals surface area contributed by atoms with Crippen molar-refractivity contribution in [1.29, 1.82) is 0 Å². The van der Waals surface area contributed by atoms with E-state index in [1.807, 2.05) is 24.3 Å². The maximum Gasteiger partial charge on any atom is 0.326 e. The van der Waals surface area contributed by atoms with Gasteiger partial charge in [-0.25, -0.2) is 4.79 Å². The van der Waals surface area contributed by atoms with Gasteiger partial charge in [-0.2, -0.15) is 0 Å². The van der Waals surface area contributed by atoms with Crippen molar-refractivity contribution < 1.29 is 4.74 Å². The molecule has 0 spiro atoms. The second-order valence-corrected chi connectivity index (χ2v) is 6.93. The van der Waals surface area contributed by atoms with Crippen molar-refractivity contribution in [1.82, 2.24) is 9.55 Å². The van der Waals surface area contributed by atoms with Crippen molar-refractivity contribution in [3.8, 4) is 11.1 Å². The zero-order valence-corrected chi connectivity index (χ0v) is 16.3. The predicted octanol–water partition coefficient (Wildman–Crippen LogP) is 5.45. The lowest BCUT2D eigenvalue weighted by Crippen LogP contribution is -2.16. The Morgan fingerprint density at radius 2 is 1.68 bits per heavy atom. The number of hydrogen-bond donors (Lipinski definition) is 1. The standard InChI is InChI=1S/C24H28N2O2/c1-3-5-7-15-26-23-14-13-21(17-22(23)25-24(26)27)20-11-9-19(10-12-20)18-28-16-8-6-4-2/h3-4,9-14,17H,1-2,5-8,15-16,18H2,(H,25,27). The van der Waals surface area contributed by atoms with Gasteiger partial charge in [-0.3, -0.25) is 4.57 Å². The highest BCUT2D eigenvalue weighted by Gasteiger charge is 2.08. The van der Waals surface area contributed by atoms with E-state index in [9.17, 15) is 4.79 Å². The average Bonchev–Trinajstić information content (AvgIpc) is 3.03. The molecule has 0 bridgehead atoms. The summed E-state index contributed by atoms with van der Waals surface area (Å²) < 4.78 is 7.49. The molecule has 0 aliphatic heterocycles. The molecule has 0 atom stereocenters. The second kappa shape index (κ2) is 9.90. The molecule has 1 heterocycles. The molecule has 0 radical (unpaired) electrons. The van der Waals surface area contributed by atoms with Crippen molar-refractivity contribution in [2.45, 2.75) is 38.8 Å². The molecule has 0 fully saturated rings. The quantitative estimate of drug-likeness (QED) is 0.357. The Balaban J connectivity index is 1.70. The van der Waals surface area contributed by atoms with Crippen LogP contribution in [0.5, 0.6) is 0 Å². The molecule has 0 aliphatic carbocycles. The number of ether oxygens (including phenoxy) is 1. The number of aryl methyl sites for hydroxylation is 1. The SMILES string of the molecule is C=CCCCOCc1ccc(-c2ccc3c(c2)[nH]c(=O)n3CCCC=C)cc1. The summed E-state index contributed by atoms with van der Waals surface area (Å²) in [5.74, 6) is 0. The number of fused-ring (bicyclic) bond motifs is 1. The second-order valence-electron chi connectivity index (χ2n) is 6.93. The first-order valence-corrected chi connectivity index (χ1v) is 9.84. The Bertz CT molecular complexity index is 980. The molecule has 0 saturated heterocycles. The fraction of sp³-hybridized carbons (Fsp3) is 0.292. The van der Waals surface area contributed by atoms with Gasteiger partial charge in [0.25, 0.3) is 0 Å². The number of rotatable bonds is 11. The highest BCUT2D eigenvalue weighted by molar-refractivity contribution is 5.82. The van der Waals surface area contributed by atoms with E-state index < -0.39 is 0 Å². The van der Waals surface area contributed by atoms with Crippen LogP contribution in [0.3, 0.4) is 0 Å². The highest BCUT2D eigenvalue weighted by atomic mass is 16.5. The van der Waals surface area contributed by atoms with E-state index in [4.69, 9.17) is 4.74 Å².